The zero-order valence-electron chi connectivity index (χ0n) is 13.6. The molecule has 2 rings (SSSR count). The lowest BCUT2D eigenvalue weighted by Crippen LogP contribution is -2.38. The monoisotopic (exact) mass is 307 g/mol. The fourth-order valence-electron chi connectivity index (χ4n) is 2.54. The van der Waals surface area contributed by atoms with Gasteiger partial charge in [-0.3, -0.25) is 9.59 Å². The van der Waals surface area contributed by atoms with Crippen LogP contribution in [0.1, 0.15) is 25.5 Å². The fourth-order valence-corrected chi connectivity index (χ4v) is 2.54. The number of likely N-dealkylation sites (N-methyl/N-ethyl adjacent to an activating group) is 1. The molecule has 6 heteroatoms. The summed E-state index contributed by atoms with van der Waals surface area (Å²) in [5, 5.41) is 0. The van der Waals surface area contributed by atoms with Crippen LogP contribution in [0.25, 0.3) is 0 Å². The van der Waals surface area contributed by atoms with Gasteiger partial charge in [0.05, 0.1) is 19.2 Å². The van der Waals surface area contributed by atoms with Crippen molar-refractivity contribution in [3.63, 3.8) is 0 Å². The third kappa shape index (κ3) is 4.10. The van der Waals surface area contributed by atoms with Gasteiger partial charge in [0, 0.05) is 39.0 Å². The van der Waals surface area contributed by atoms with E-state index in [1.165, 1.54) is 4.90 Å². The quantitative estimate of drug-likeness (QED) is 0.818. The number of ether oxygens (including phenoxy) is 1. The van der Waals surface area contributed by atoms with E-state index in [9.17, 15) is 9.59 Å². The maximum atomic E-state index is 12.3. The van der Waals surface area contributed by atoms with E-state index in [0.717, 1.165) is 12.1 Å². The van der Waals surface area contributed by atoms with E-state index in [0.29, 0.717) is 26.1 Å². The van der Waals surface area contributed by atoms with Crippen LogP contribution in [0.5, 0.6) is 0 Å². The van der Waals surface area contributed by atoms with Gasteiger partial charge in [0.15, 0.2) is 0 Å². The number of carbonyl (C=O) groups is 2. The molecule has 1 aromatic rings. The Labute approximate surface area is 131 Å². The molecular formula is C16H25N3O3. The molecule has 22 heavy (non-hydrogen) atoms. The van der Waals surface area contributed by atoms with Gasteiger partial charge >= 0.3 is 0 Å². The third-order valence-electron chi connectivity index (χ3n) is 3.86. The van der Waals surface area contributed by atoms with Crippen molar-refractivity contribution in [2.75, 3.05) is 27.2 Å². The van der Waals surface area contributed by atoms with Crippen LogP contribution in [0.15, 0.2) is 18.3 Å². The summed E-state index contributed by atoms with van der Waals surface area (Å²) in [6, 6.07) is 4.00. The summed E-state index contributed by atoms with van der Waals surface area (Å²) in [5.41, 5.74) is 1.11. The Kier molecular flexibility index (Phi) is 5.60. The summed E-state index contributed by atoms with van der Waals surface area (Å²) in [4.78, 5) is 27.3. The zero-order chi connectivity index (χ0) is 16.1. The van der Waals surface area contributed by atoms with Crippen LogP contribution in [-0.4, -0.2) is 59.5 Å². The van der Waals surface area contributed by atoms with E-state index < -0.39 is 0 Å². The highest BCUT2D eigenvalue weighted by Gasteiger charge is 2.25. The molecule has 0 spiro atoms. The average Bonchev–Trinajstić information content (AvgIpc) is 2.83. The number of hydrogen-bond donors (Lipinski definition) is 0. The molecule has 0 bridgehead atoms. The van der Waals surface area contributed by atoms with Crippen molar-refractivity contribution in [2.45, 2.75) is 39.0 Å². The minimum absolute atomic E-state index is 0.0457. The number of rotatable bonds is 5. The Hall–Kier alpha value is -1.82. The molecule has 0 aliphatic carbocycles. The Balaban J connectivity index is 2.06. The standard InChI is InChI=1S/C16H25N3O3/c1-4-6-15(20)19-9-13-7-5-8-18(13)10-14(11-19)22-12-16(21)17(2)3/h5,7-8,14H,4,6,9-12H2,1-3H3. The first-order valence-corrected chi connectivity index (χ1v) is 7.74. The normalized spacial score (nSPS) is 17.8. The predicted molar refractivity (Wildman–Crippen MR) is 83.2 cm³/mol. The molecule has 122 valence electrons. The number of amides is 2. The molecule has 0 N–H and O–H groups in total. The molecule has 0 saturated heterocycles. The molecule has 0 aromatic carbocycles. The fraction of sp³-hybridized carbons (Fsp3) is 0.625. The summed E-state index contributed by atoms with van der Waals surface area (Å²) in [7, 11) is 3.42. The number of carbonyl (C=O) groups excluding carboxylic acids is 2. The van der Waals surface area contributed by atoms with Crippen molar-refractivity contribution >= 4 is 11.8 Å². The molecule has 0 saturated carbocycles. The molecule has 6 nitrogen and oxygen atoms in total. The second-order valence-electron chi connectivity index (χ2n) is 5.90. The first kappa shape index (κ1) is 16.5. The first-order valence-electron chi connectivity index (χ1n) is 7.74. The van der Waals surface area contributed by atoms with Crippen molar-refractivity contribution < 1.29 is 14.3 Å². The van der Waals surface area contributed by atoms with Crippen LogP contribution in [-0.2, 0) is 27.4 Å². The molecule has 1 aliphatic rings. The summed E-state index contributed by atoms with van der Waals surface area (Å²) in [6.45, 7) is 3.85. The molecule has 1 aliphatic heterocycles. The average molecular weight is 307 g/mol. The molecular weight excluding hydrogens is 282 g/mol. The van der Waals surface area contributed by atoms with Gasteiger partial charge in [0.1, 0.15) is 6.61 Å². The summed E-state index contributed by atoms with van der Waals surface area (Å²) in [5.74, 6) is 0.0769. The molecule has 2 amide bonds. The van der Waals surface area contributed by atoms with Gasteiger partial charge < -0.3 is 19.1 Å². The minimum atomic E-state index is -0.168. The highest BCUT2D eigenvalue weighted by atomic mass is 16.5. The lowest BCUT2D eigenvalue weighted by atomic mass is 10.2. The number of nitrogens with zero attached hydrogens (tertiary/aromatic N) is 3. The van der Waals surface area contributed by atoms with Crippen molar-refractivity contribution in [3.05, 3.63) is 24.0 Å². The van der Waals surface area contributed by atoms with Crippen LogP contribution in [0.2, 0.25) is 0 Å². The lowest BCUT2D eigenvalue weighted by Gasteiger charge is -2.24. The Morgan fingerprint density at radius 3 is 2.82 bits per heavy atom. The van der Waals surface area contributed by atoms with Gasteiger partial charge in [0.2, 0.25) is 11.8 Å². The smallest absolute Gasteiger partial charge is 0.248 e. The van der Waals surface area contributed by atoms with Crippen molar-refractivity contribution in [2.24, 2.45) is 0 Å². The van der Waals surface area contributed by atoms with Crippen molar-refractivity contribution in [1.82, 2.24) is 14.4 Å². The van der Waals surface area contributed by atoms with Gasteiger partial charge in [-0.1, -0.05) is 6.92 Å². The SMILES string of the molecule is CCCC(=O)N1Cc2cccn2CC(OCC(=O)N(C)C)C1. The van der Waals surface area contributed by atoms with E-state index >= 15 is 0 Å². The van der Waals surface area contributed by atoms with Crippen LogP contribution in [0, 0.1) is 0 Å². The summed E-state index contributed by atoms with van der Waals surface area (Å²) in [6.07, 6.45) is 3.21. The molecule has 1 unspecified atom stereocenters. The number of fused-ring (bicyclic) bond motifs is 1. The lowest BCUT2D eigenvalue weighted by molar-refractivity contribution is -0.138. The molecule has 0 radical (unpaired) electrons. The van der Waals surface area contributed by atoms with Gasteiger partial charge in [-0.05, 0) is 18.6 Å². The van der Waals surface area contributed by atoms with Crippen LogP contribution in [0.3, 0.4) is 0 Å². The molecule has 2 heterocycles. The Morgan fingerprint density at radius 2 is 2.14 bits per heavy atom. The molecule has 0 fully saturated rings. The second kappa shape index (κ2) is 7.45. The maximum Gasteiger partial charge on any atom is 0.248 e. The largest absolute Gasteiger partial charge is 0.365 e. The van der Waals surface area contributed by atoms with E-state index in [1.54, 1.807) is 14.1 Å². The Bertz CT molecular complexity index is 524. The first-order chi connectivity index (χ1) is 10.5. The minimum Gasteiger partial charge on any atom is -0.365 e. The molecule has 1 atom stereocenters. The highest BCUT2D eigenvalue weighted by molar-refractivity contribution is 5.77. The van der Waals surface area contributed by atoms with Crippen LogP contribution < -0.4 is 0 Å². The van der Waals surface area contributed by atoms with E-state index in [4.69, 9.17) is 4.74 Å². The van der Waals surface area contributed by atoms with Crippen LogP contribution in [0.4, 0.5) is 0 Å². The van der Waals surface area contributed by atoms with E-state index in [1.807, 2.05) is 30.2 Å². The highest BCUT2D eigenvalue weighted by Crippen LogP contribution is 2.16. The Morgan fingerprint density at radius 1 is 1.36 bits per heavy atom. The molecule has 1 aromatic heterocycles. The van der Waals surface area contributed by atoms with Crippen molar-refractivity contribution in [3.8, 4) is 0 Å². The van der Waals surface area contributed by atoms with Crippen molar-refractivity contribution in [1.29, 1.82) is 0 Å². The number of hydrogen-bond acceptors (Lipinski definition) is 3. The predicted octanol–water partition coefficient (Wildman–Crippen LogP) is 1.10. The summed E-state index contributed by atoms with van der Waals surface area (Å²) < 4.78 is 7.87. The van der Waals surface area contributed by atoms with Gasteiger partial charge in [-0.2, -0.15) is 0 Å². The summed E-state index contributed by atoms with van der Waals surface area (Å²) >= 11 is 0. The van der Waals surface area contributed by atoms with Crippen LogP contribution >= 0.6 is 0 Å². The third-order valence-corrected chi connectivity index (χ3v) is 3.86. The van der Waals surface area contributed by atoms with Gasteiger partial charge in [0.25, 0.3) is 0 Å². The zero-order valence-corrected chi connectivity index (χ0v) is 13.6. The second-order valence-corrected chi connectivity index (χ2v) is 5.90. The van der Waals surface area contributed by atoms with E-state index in [2.05, 4.69) is 4.57 Å². The topological polar surface area (TPSA) is 54.8 Å². The van der Waals surface area contributed by atoms with Gasteiger partial charge in [-0.25, -0.2) is 0 Å². The van der Waals surface area contributed by atoms with E-state index in [-0.39, 0.29) is 24.5 Å². The number of aromatic nitrogens is 1. The maximum absolute atomic E-state index is 12.3. The van der Waals surface area contributed by atoms with Gasteiger partial charge in [-0.15, -0.1) is 0 Å².